The summed E-state index contributed by atoms with van der Waals surface area (Å²) in [5, 5.41) is 6.30. The van der Waals surface area contributed by atoms with Crippen LogP contribution >= 0.6 is 0 Å². The minimum absolute atomic E-state index is 0.0798. The largest absolute Gasteiger partial charge is 0.404 e. The molecule has 1 unspecified atom stereocenters. The van der Waals surface area contributed by atoms with Crippen LogP contribution in [0.25, 0.3) is 0 Å². The first kappa shape index (κ1) is 14.3. The molecule has 1 aliphatic rings. The predicted molar refractivity (Wildman–Crippen MR) is 59.7 cm³/mol. The fourth-order valence-electron chi connectivity index (χ4n) is 2.10. The first-order valence-electron chi connectivity index (χ1n) is 6.18. The number of hydrogen-bond donors (Lipinski definition) is 1. The van der Waals surface area contributed by atoms with E-state index >= 15 is 0 Å². The maximum absolute atomic E-state index is 13.2. The van der Waals surface area contributed by atoms with Crippen LogP contribution in [0.4, 0.5) is 13.2 Å². The number of alkyl halides is 3. The summed E-state index contributed by atoms with van der Waals surface area (Å²) in [6.45, 7) is 2.82. The number of hydrogen-bond acceptors (Lipinski definition) is 5. The highest BCUT2D eigenvalue weighted by molar-refractivity contribution is 5.14. The minimum Gasteiger partial charge on any atom is -0.381 e. The average molecular weight is 279 g/mol. The second-order valence-electron chi connectivity index (χ2n) is 4.47. The molecular formula is C11H16F3N3O2. The molecule has 1 fully saturated rings. The summed E-state index contributed by atoms with van der Waals surface area (Å²) >= 11 is 0. The van der Waals surface area contributed by atoms with Gasteiger partial charge in [0.05, 0.1) is 6.61 Å². The zero-order valence-corrected chi connectivity index (χ0v) is 10.6. The van der Waals surface area contributed by atoms with Crippen LogP contribution in [0.2, 0.25) is 0 Å². The Morgan fingerprint density at radius 2 is 2.26 bits per heavy atom. The number of aromatic nitrogens is 2. The molecule has 0 spiro atoms. The molecular weight excluding hydrogens is 263 g/mol. The van der Waals surface area contributed by atoms with Crippen molar-refractivity contribution < 1.29 is 22.4 Å². The van der Waals surface area contributed by atoms with E-state index in [1.807, 2.05) is 6.92 Å². The lowest BCUT2D eigenvalue weighted by atomic mass is 9.86. The summed E-state index contributed by atoms with van der Waals surface area (Å²) in [4.78, 5) is 3.88. The van der Waals surface area contributed by atoms with Gasteiger partial charge in [-0.1, -0.05) is 5.16 Å². The third kappa shape index (κ3) is 2.74. The topological polar surface area (TPSA) is 60.2 Å². The molecule has 5 nitrogen and oxygen atoms in total. The maximum Gasteiger partial charge on any atom is 0.404 e. The van der Waals surface area contributed by atoms with Crippen LogP contribution in [0.5, 0.6) is 0 Å². The Labute approximate surface area is 108 Å². The Bertz CT molecular complexity index is 414. The van der Waals surface area contributed by atoms with Gasteiger partial charge < -0.3 is 14.6 Å². The molecule has 0 bridgehead atoms. The lowest BCUT2D eigenvalue weighted by molar-refractivity contribution is -0.191. The summed E-state index contributed by atoms with van der Waals surface area (Å²) in [6.07, 6.45) is -4.14. The van der Waals surface area contributed by atoms with E-state index in [-0.39, 0.29) is 31.2 Å². The first-order chi connectivity index (χ1) is 8.99. The van der Waals surface area contributed by atoms with Gasteiger partial charge in [0.15, 0.2) is 11.2 Å². The third-order valence-corrected chi connectivity index (χ3v) is 3.25. The van der Waals surface area contributed by atoms with Gasteiger partial charge in [0, 0.05) is 19.6 Å². The van der Waals surface area contributed by atoms with Gasteiger partial charge in [0.2, 0.25) is 5.89 Å². The molecule has 0 amide bonds. The fourth-order valence-corrected chi connectivity index (χ4v) is 2.10. The van der Waals surface area contributed by atoms with Crippen LogP contribution in [0.1, 0.15) is 25.1 Å². The number of halogens is 3. The van der Waals surface area contributed by atoms with Gasteiger partial charge in [-0.15, -0.1) is 0 Å². The van der Waals surface area contributed by atoms with Crippen molar-refractivity contribution in [3.63, 3.8) is 0 Å². The zero-order chi connectivity index (χ0) is 13.9. The van der Waals surface area contributed by atoms with Crippen LogP contribution in [-0.4, -0.2) is 42.6 Å². The Kier molecular flexibility index (Phi) is 4.10. The third-order valence-electron chi connectivity index (χ3n) is 3.25. The zero-order valence-electron chi connectivity index (χ0n) is 10.6. The van der Waals surface area contributed by atoms with Crippen molar-refractivity contribution >= 4 is 0 Å². The van der Waals surface area contributed by atoms with E-state index < -0.39 is 11.6 Å². The molecule has 1 aromatic heterocycles. The van der Waals surface area contributed by atoms with Crippen LogP contribution in [0.3, 0.4) is 0 Å². The highest BCUT2D eigenvalue weighted by Gasteiger charge is 2.61. The maximum atomic E-state index is 13.2. The molecule has 8 heteroatoms. The van der Waals surface area contributed by atoms with E-state index in [0.717, 1.165) is 0 Å². The number of nitrogens with zero attached hydrogens (tertiary/aromatic N) is 2. The van der Waals surface area contributed by atoms with Gasteiger partial charge in [-0.25, -0.2) is 0 Å². The predicted octanol–water partition coefficient (Wildman–Crippen LogP) is 1.44. The number of nitrogens with one attached hydrogen (secondary N) is 1. The summed E-state index contributed by atoms with van der Waals surface area (Å²) in [5.41, 5.74) is -2.05. The molecule has 1 aromatic rings. The monoisotopic (exact) mass is 279 g/mol. The van der Waals surface area contributed by atoms with Gasteiger partial charge in [-0.3, -0.25) is 0 Å². The van der Waals surface area contributed by atoms with E-state index in [2.05, 4.69) is 15.5 Å². The smallest absolute Gasteiger partial charge is 0.381 e. The summed E-state index contributed by atoms with van der Waals surface area (Å²) in [6, 6.07) is 0. The van der Waals surface area contributed by atoms with E-state index in [9.17, 15) is 13.2 Å². The lowest BCUT2D eigenvalue weighted by Gasteiger charge is -2.26. The van der Waals surface area contributed by atoms with Crippen LogP contribution < -0.4 is 5.32 Å². The van der Waals surface area contributed by atoms with E-state index in [0.29, 0.717) is 19.6 Å². The summed E-state index contributed by atoms with van der Waals surface area (Å²) < 4.78 is 49.6. The average Bonchev–Trinajstić information content (AvgIpc) is 2.97. The summed E-state index contributed by atoms with van der Waals surface area (Å²) in [5.74, 6) is -0.101. The molecule has 2 rings (SSSR count). The molecule has 0 aromatic carbocycles. The normalized spacial score (nSPS) is 24.0. The van der Waals surface area contributed by atoms with Crippen molar-refractivity contribution in [1.82, 2.24) is 15.5 Å². The van der Waals surface area contributed by atoms with Crippen LogP contribution in [-0.2, 0) is 16.6 Å². The summed E-state index contributed by atoms with van der Waals surface area (Å²) in [7, 11) is 0. The van der Waals surface area contributed by atoms with Crippen molar-refractivity contribution in [2.75, 3.05) is 26.3 Å². The first-order valence-corrected chi connectivity index (χ1v) is 6.18. The number of rotatable bonds is 5. The van der Waals surface area contributed by atoms with E-state index in [1.54, 1.807) is 0 Å². The van der Waals surface area contributed by atoms with E-state index in [1.165, 1.54) is 0 Å². The molecule has 0 radical (unpaired) electrons. The van der Waals surface area contributed by atoms with Gasteiger partial charge in [-0.2, -0.15) is 18.2 Å². The molecule has 19 heavy (non-hydrogen) atoms. The van der Waals surface area contributed by atoms with Gasteiger partial charge in [-0.05, 0) is 19.9 Å². The Morgan fingerprint density at radius 1 is 1.47 bits per heavy atom. The molecule has 0 saturated carbocycles. The minimum atomic E-state index is -4.40. The quantitative estimate of drug-likeness (QED) is 0.826. The Hall–Kier alpha value is -1.15. The second-order valence-corrected chi connectivity index (χ2v) is 4.47. The van der Waals surface area contributed by atoms with Gasteiger partial charge in [0.1, 0.15) is 0 Å². The highest BCUT2D eigenvalue weighted by Crippen LogP contribution is 2.44. The van der Waals surface area contributed by atoms with Crippen molar-refractivity contribution in [2.45, 2.75) is 31.4 Å². The highest BCUT2D eigenvalue weighted by atomic mass is 19.4. The molecule has 1 N–H and O–H groups in total. The molecule has 0 aliphatic carbocycles. The second kappa shape index (κ2) is 5.46. The van der Waals surface area contributed by atoms with Crippen LogP contribution in [0.15, 0.2) is 4.52 Å². The number of ether oxygens (including phenoxy) is 1. The van der Waals surface area contributed by atoms with E-state index in [4.69, 9.17) is 9.26 Å². The van der Waals surface area contributed by atoms with Gasteiger partial charge in [0.25, 0.3) is 0 Å². The Morgan fingerprint density at radius 3 is 2.84 bits per heavy atom. The van der Waals surface area contributed by atoms with Crippen molar-refractivity contribution in [3.05, 3.63) is 11.7 Å². The fraction of sp³-hybridized carbons (Fsp3) is 0.818. The SMILES string of the molecule is CCOCCc1noc(C2(C(F)(F)F)CCNC2)n1. The van der Waals surface area contributed by atoms with Gasteiger partial charge >= 0.3 is 6.18 Å². The van der Waals surface area contributed by atoms with Crippen molar-refractivity contribution in [3.8, 4) is 0 Å². The Balaban J connectivity index is 2.15. The molecule has 2 heterocycles. The lowest BCUT2D eigenvalue weighted by Crippen LogP contribution is -2.44. The molecule has 1 saturated heterocycles. The standard InChI is InChI=1S/C11H16F3N3O2/c1-2-18-6-3-8-16-9(19-17-8)10(11(12,13)14)4-5-15-7-10/h15H,2-7H2,1H3. The van der Waals surface area contributed by atoms with Crippen molar-refractivity contribution in [2.24, 2.45) is 0 Å². The molecule has 108 valence electrons. The van der Waals surface area contributed by atoms with Crippen LogP contribution in [0, 0.1) is 0 Å². The molecule has 1 aliphatic heterocycles. The molecule has 1 atom stereocenters. The van der Waals surface area contributed by atoms with Crippen molar-refractivity contribution in [1.29, 1.82) is 0 Å².